The van der Waals surface area contributed by atoms with E-state index in [1.807, 2.05) is 0 Å². The molecule has 2 saturated heterocycles. The molecule has 24 heavy (non-hydrogen) atoms. The van der Waals surface area contributed by atoms with Crippen LogP contribution in [0.15, 0.2) is 0 Å². The Morgan fingerprint density at radius 1 is 1.29 bits per heavy atom. The molecule has 0 aromatic heterocycles. The summed E-state index contributed by atoms with van der Waals surface area (Å²) >= 11 is 0. The van der Waals surface area contributed by atoms with Crippen LogP contribution in [0.3, 0.4) is 0 Å². The van der Waals surface area contributed by atoms with Gasteiger partial charge in [0.1, 0.15) is 23.4 Å². The van der Waals surface area contributed by atoms with Crippen LogP contribution in [0.25, 0.3) is 0 Å². The van der Waals surface area contributed by atoms with Crippen molar-refractivity contribution in [2.45, 2.75) is 55.6 Å². The van der Waals surface area contributed by atoms with E-state index in [1.54, 1.807) is 6.92 Å². The highest BCUT2D eigenvalue weighted by Gasteiger charge is 2.73. The quantitative estimate of drug-likeness (QED) is 0.673. The second-order valence-corrected chi connectivity index (χ2v) is 6.69. The molecule has 0 N–H and O–H groups in total. The summed E-state index contributed by atoms with van der Waals surface area (Å²) in [5.41, 5.74) is -1.36. The van der Waals surface area contributed by atoms with Crippen LogP contribution in [0.4, 0.5) is 13.2 Å². The SMILES string of the molecule is COC1CC2(CO2)C(C2(C)OC2CCOC(F)(F)F)C(OC)C1=O. The predicted octanol–water partition coefficient (Wildman–Crippen LogP) is 1.46. The van der Waals surface area contributed by atoms with Crippen molar-refractivity contribution < 1.29 is 41.7 Å². The van der Waals surface area contributed by atoms with Gasteiger partial charge in [-0.1, -0.05) is 0 Å². The third-order valence-corrected chi connectivity index (χ3v) is 5.29. The fraction of sp³-hybridized carbons (Fsp3) is 0.933. The molecule has 0 amide bonds. The molecule has 6 unspecified atom stereocenters. The van der Waals surface area contributed by atoms with Gasteiger partial charge in [-0.05, 0) is 6.92 Å². The van der Waals surface area contributed by atoms with Crippen molar-refractivity contribution in [1.29, 1.82) is 0 Å². The van der Waals surface area contributed by atoms with E-state index in [4.69, 9.17) is 18.9 Å². The number of alkyl halides is 3. The molecule has 6 nitrogen and oxygen atoms in total. The van der Waals surface area contributed by atoms with E-state index in [-0.39, 0.29) is 18.1 Å². The minimum atomic E-state index is -4.66. The molecule has 0 aromatic rings. The number of carbonyl (C=O) groups excluding carboxylic acids is 1. The Labute approximate surface area is 137 Å². The molecular formula is C15H21F3O6. The zero-order valence-corrected chi connectivity index (χ0v) is 13.7. The van der Waals surface area contributed by atoms with Crippen molar-refractivity contribution in [1.82, 2.24) is 0 Å². The molecular weight excluding hydrogens is 333 g/mol. The summed E-state index contributed by atoms with van der Waals surface area (Å²) in [7, 11) is 2.88. The van der Waals surface area contributed by atoms with Gasteiger partial charge in [-0.3, -0.25) is 9.53 Å². The molecule has 1 saturated carbocycles. The average molecular weight is 354 g/mol. The molecule has 0 bridgehead atoms. The molecule has 0 aromatic carbocycles. The van der Waals surface area contributed by atoms with Gasteiger partial charge in [0.05, 0.1) is 25.2 Å². The first-order chi connectivity index (χ1) is 11.2. The Hall–Kier alpha value is -0.740. The summed E-state index contributed by atoms with van der Waals surface area (Å²) in [6.45, 7) is 1.75. The second kappa shape index (κ2) is 5.91. The van der Waals surface area contributed by atoms with E-state index >= 15 is 0 Å². The van der Waals surface area contributed by atoms with E-state index in [9.17, 15) is 18.0 Å². The first kappa shape index (κ1) is 18.1. The summed E-state index contributed by atoms with van der Waals surface area (Å²) in [6, 6.07) is 0. The smallest absolute Gasteiger partial charge is 0.373 e. The van der Waals surface area contributed by atoms with Gasteiger partial charge in [0.15, 0.2) is 5.78 Å². The van der Waals surface area contributed by atoms with Gasteiger partial charge in [0.2, 0.25) is 0 Å². The molecule has 3 rings (SSSR count). The predicted molar refractivity (Wildman–Crippen MR) is 73.3 cm³/mol. The van der Waals surface area contributed by atoms with Crippen molar-refractivity contribution in [3.05, 3.63) is 0 Å². The van der Waals surface area contributed by atoms with Crippen LogP contribution in [-0.2, 0) is 28.5 Å². The van der Waals surface area contributed by atoms with Crippen molar-refractivity contribution in [2.75, 3.05) is 27.4 Å². The first-order valence-corrected chi connectivity index (χ1v) is 7.78. The molecule has 1 spiro atoms. The van der Waals surface area contributed by atoms with Gasteiger partial charge < -0.3 is 18.9 Å². The van der Waals surface area contributed by atoms with Crippen LogP contribution in [-0.4, -0.2) is 69.1 Å². The summed E-state index contributed by atoms with van der Waals surface area (Å²) in [4.78, 5) is 12.5. The normalized spacial score (nSPS) is 44.8. The van der Waals surface area contributed by atoms with Crippen LogP contribution >= 0.6 is 0 Å². The third-order valence-electron chi connectivity index (χ3n) is 5.29. The lowest BCUT2D eigenvalue weighted by Crippen LogP contribution is -2.58. The number of rotatable bonds is 6. The zero-order valence-electron chi connectivity index (χ0n) is 13.7. The second-order valence-electron chi connectivity index (χ2n) is 6.69. The minimum absolute atomic E-state index is 0.0842. The molecule has 1 aliphatic carbocycles. The van der Waals surface area contributed by atoms with Crippen molar-refractivity contribution in [3.63, 3.8) is 0 Å². The van der Waals surface area contributed by atoms with Gasteiger partial charge in [-0.25, -0.2) is 0 Å². The van der Waals surface area contributed by atoms with E-state index in [0.717, 1.165) is 0 Å². The monoisotopic (exact) mass is 354 g/mol. The highest BCUT2D eigenvalue weighted by molar-refractivity contribution is 5.89. The highest BCUT2D eigenvalue weighted by atomic mass is 19.4. The Bertz CT molecular complexity index is 506. The topological polar surface area (TPSA) is 69.8 Å². The van der Waals surface area contributed by atoms with Gasteiger partial charge in [0.25, 0.3) is 0 Å². The summed E-state index contributed by atoms with van der Waals surface area (Å²) in [6.07, 6.45) is -5.99. The summed E-state index contributed by atoms with van der Waals surface area (Å²) < 4.78 is 62.0. The number of epoxide rings is 2. The molecule has 3 fully saturated rings. The van der Waals surface area contributed by atoms with Crippen LogP contribution in [0, 0.1) is 5.92 Å². The number of hydrogen-bond donors (Lipinski definition) is 0. The maximum atomic E-state index is 12.5. The molecule has 138 valence electrons. The van der Waals surface area contributed by atoms with E-state index in [1.165, 1.54) is 14.2 Å². The lowest BCUT2D eigenvalue weighted by atomic mass is 9.68. The minimum Gasteiger partial charge on any atom is -0.373 e. The van der Waals surface area contributed by atoms with Crippen molar-refractivity contribution in [2.24, 2.45) is 5.92 Å². The van der Waals surface area contributed by atoms with Crippen molar-refractivity contribution in [3.8, 4) is 0 Å². The first-order valence-electron chi connectivity index (χ1n) is 7.78. The van der Waals surface area contributed by atoms with Crippen LogP contribution < -0.4 is 0 Å². The average Bonchev–Trinajstić information content (AvgIpc) is 3.39. The molecule has 2 heterocycles. The van der Waals surface area contributed by atoms with Crippen LogP contribution in [0.1, 0.15) is 19.8 Å². The summed E-state index contributed by atoms with van der Waals surface area (Å²) in [5, 5.41) is 0. The maximum Gasteiger partial charge on any atom is 0.522 e. The lowest BCUT2D eigenvalue weighted by Gasteiger charge is -2.40. The zero-order chi connectivity index (χ0) is 17.8. The Morgan fingerprint density at radius 3 is 2.46 bits per heavy atom. The van der Waals surface area contributed by atoms with Crippen LogP contribution in [0.2, 0.25) is 0 Å². The molecule has 3 aliphatic rings. The Balaban J connectivity index is 1.70. The number of carbonyl (C=O) groups is 1. The Morgan fingerprint density at radius 2 is 1.96 bits per heavy atom. The standard InChI is InChI=1S/C15H21F3O6/c1-13(9(24-13)4-5-22-15(16,17)18)12-11(21-3)10(19)8(20-2)6-14(12)7-23-14/h8-9,11-12H,4-7H2,1-3H3. The van der Waals surface area contributed by atoms with Crippen LogP contribution in [0.5, 0.6) is 0 Å². The van der Waals surface area contributed by atoms with E-state index < -0.39 is 42.5 Å². The molecule has 6 atom stereocenters. The summed E-state index contributed by atoms with van der Waals surface area (Å²) in [5.74, 6) is -0.571. The number of methoxy groups -OCH3 is 2. The number of Topliss-reactive ketones (excluding diaryl/α,β-unsaturated/α-hetero) is 1. The number of ether oxygens (including phenoxy) is 5. The van der Waals surface area contributed by atoms with Gasteiger partial charge in [0, 0.05) is 27.1 Å². The Kier molecular flexibility index (Phi) is 4.45. The third kappa shape index (κ3) is 3.08. The van der Waals surface area contributed by atoms with Crippen molar-refractivity contribution >= 4 is 5.78 Å². The van der Waals surface area contributed by atoms with Gasteiger partial charge in [-0.15, -0.1) is 13.2 Å². The fourth-order valence-electron chi connectivity index (χ4n) is 4.00. The number of hydrogen-bond acceptors (Lipinski definition) is 6. The highest BCUT2D eigenvalue weighted by Crippen LogP contribution is 2.58. The number of halogens is 3. The number of ketones is 1. The molecule has 2 aliphatic heterocycles. The molecule has 9 heteroatoms. The fourth-order valence-corrected chi connectivity index (χ4v) is 4.00. The lowest BCUT2D eigenvalue weighted by molar-refractivity contribution is -0.324. The van der Waals surface area contributed by atoms with E-state index in [0.29, 0.717) is 13.0 Å². The maximum absolute atomic E-state index is 12.5. The largest absolute Gasteiger partial charge is 0.522 e. The van der Waals surface area contributed by atoms with E-state index in [2.05, 4.69) is 4.74 Å². The molecule has 0 radical (unpaired) electrons. The van der Waals surface area contributed by atoms with Gasteiger partial charge >= 0.3 is 6.36 Å². The van der Waals surface area contributed by atoms with Gasteiger partial charge in [-0.2, -0.15) is 0 Å².